The summed E-state index contributed by atoms with van der Waals surface area (Å²) in [5, 5.41) is 4.40. The van der Waals surface area contributed by atoms with Crippen LogP contribution in [0.25, 0.3) is 0 Å². The third-order valence-corrected chi connectivity index (χ3v) is 4.09. The molecule has 20 heavy (non-hydrogen) atoms. The molecule has 2 rings (SSSR count). The first-order valence-electron chi connectivity index (χ1n) is 7.09. The number of rotatable bonds is 4. The SMILES string of the molecule is CCNC(c1ccc(C)c(Cl)c1)c1cc(C)ccc1C. The summed E-state index contributed by atoms with van der Waals surface area (Å²) in [5.41, 5.74) is 6.25. The quantitative estimate of drug-likeness (QED) is 0.838. The first-order valence-corrected chi connectivity index (χ1v) is 7.47. The molecule has 1 atom stereocenters. The summed E-state index contributed by atoms with van der Waals surface area (Å²) in [6.07, 6.45) is 0. The molecule has 0 aliphatic rings. The van der Waals surface area contributed by atoms with E-state index in [4.69, 9.17) is 11.6 Å². The molecule has 1 nitrogen and oxygen atoms in total. The Bertz CT molecular complexity index is 604. The molecular weight excluding hydrogens is 266 g/mol. The van der Waals surface area contributed by atoms with Gasteiger partial charge in [-0.1, -0.05) is 54.4 Å². The van der Waals surface area contributed by atoms with Gasteiger partial charge >= 0.3 is 0 Å². The van der Waals surface area contributed by atoms with E-state index in [0.717, 1.165) is 17.1 Å². The molecule has 0 aromatic heterocycles. The molecule has 0 spiro atoms. The zero-order valence-electron chi connectivity index (χ0n) is 12.6. The van der Waals surface area contributed by atoms with Crippen molar-refractivity contribution in [1.29, 1.82) is 0 Å². The Morgan fingerprint density at radius 1 is 1.00 bits per heavy atom. The lowest BCUT2D eigenvalue weighted by molar-refractivity contribution is 0.627. The fraction of sp³-hybridized carbons (Fsp3) is 0.333. The van der Waals surface area contributed by atoms with Crippen molar-refractivity contribution in [2.75, 3.05) is 6.54 Å². The lowest BCUT2D eigenvalue weighted by atomic mass is 9.93. The van der Waals surface area contributed by atoms with E-state index in [1.54, 1.807) is 0 Å². The molecule has 1 N–H and O–H groups in total. The van der Waals surface area contributed by atoms with E-state index in [0.29, 0.717) is 0 Å². The van der Waals surface area contributed by atoms with Crippen LogP contribution < -0.4 is 5.32 Å². The average molecular weight is 288 g/mol. The second-order valence-corrected chi connectivity index (χ2v) is 5.77. The van der Waals surface area contributed by atoms with Crippen molar-refractivity contribution in [3.63, 3.8) is 0 Å². The van der Waals surface area contributed by atoms with E-state index in [-0.39, 0.29) is 6.04 Å². The van der Waals surface area contributed by atoms with Crippen LogP contribution in [0.1, 0.15) is 40.8 Å². The van der Waals surface area contributed by atoms with Crippen LogP contribution in [0.5, 0.6) is 0 Å². The van der Waals surface area contributed by atoms with Crippen LogP contribution in [0.3, 0.4) is 0 Å². The summed E-state index contributed by atoms with van der Waals surface area (Å²) in [7, 11) is 0. The van der Waals surface area contributed by atoms with Crippen molar-refractivity contribution in [3.8, 4) is 0 Å². The smallest absolute Gasteiger partial charge is 0.0579 e. The van der Waals surface area contributed by atoms with Crippen LogP contribution in [0.4, 0.5) is 0 Å². The zero-order valence-corrected chi connectivity index (χ0v) is 13.4. The van der Waals surface area contributed by atoms with E-state index in [2.05, 4.69) is 62.5 Å². The fourth-order valence-corrected chi connectivity index (χ4v) is 2.66. The minimum Gasteiger partial charge on any atom is -0.307 e. The molecule has 0 fully saturated rings. The Morgan fingerprint density at radius 3 is 2.35 bits per heavy atom. The lowest BCUT2D eigenvalue weighted by Crippen LogP contribution is -2.23. The maximum Gasteiger partial charge on any atom is 0.0579 e. The molecule has 0 bridgehead atoms. The van der Waals surface area contributed by atoms with E-state index in [1.165, 1.54) is 22.3 Å². The molecule has 2 heteroatoms. The predicted molar refractivity (Wildman–Crippen MR) is 87.6 cm³/mol. The number of nitrogens with one attached hydrogen (secondary N) is 1. The number of halogens is 1. The van der Waals surface area contributed by atoms with Crippen LogP contribution >= 0.6 is 11.6 Å². The van der Waals surface area contributed by atoms with Crippen molar-refractivity contribution in [1.82, 2.24) is 5.32 Å². The van der Waals surface area contributed by atoms with Crippen LogP contribution in [0, 0.1) is 20.8 Å². The van der Waals surface area contributed by atoms with E-state index < -0.39 is 0 Å². The van der Waals surface area contributed by atoms with Gasteiger partial charge in [-0.3, -0.25) is 0 Å². The Kier molecular flexibility index (Phi) is 4.85. The maximum absolute atomic E-state index is 6.29. The van der Waals surface area contributed by atoms with Crippen molar-refractivity contribution in [3.05, 3.63) is 69.2 Å². The Hall–Kier alpha value is -1.31. The van der Waals surface area contributed by atoms with E-state index >= 15 is 0 Å². The summed E-state index contributed by atoms with van der Waals surface area (Å²) in [4.78, 5) is 0. The number of hydrogen-bond acceptors (Lipinski definition) is 1. The van der Waals surface area contributed by atoms with Gasteiger partial charge in [0.25, 0.3) is 0 Å². The molecule has 0 heterocycles. The van der Waals surface area contributed by atoms with Crippen molar-refractivity contribution >= 4 is 11.6 Å². The normalized spacial score (nSPS) is 12.4. The van der Waals surface area contributed by atoms with Gasteiger partial charge in [0.15, 0.2) is 0 Å². The number of benzene rings is 2. The maximum atomic E-state index is 6.29. The molecule has 0 aliphatic carbocycles. The van der Waals surface area contributed by atoms with Crippen LogP contribution in [-0.4, -0.2) is 6.54 Å². The van der Waals surface area contributed by atoms with Gasteiger partial charge in [0, 0.05) is 5.02 Å². The second kappa shape index (κ2) is 6.43. The molecule has 2 aromatic carbocycles. The molecule has 2 aromatic rings. The standard InChI is InChI=1S/C18H22ClN/c1-5-20-18(15-9-8-14(4)17(19)11-15)16-10-12(2)6-7-13(16)3/h6-11,18,20H,5H2,1-4H3. The van der Waals surface area contributed by atoms with Gasteiger partial charge in [-0.15, -0.1) is 0 Å². The molecule has 0 radical (unpaired) electrons. The lowest BCUT2D eigenvalue weighted by Gasteiger charge is -2.22. The summed E-state index contributed by atoms with van der Waals surface area (Å²) < 4.78 is 0. The predicted octanol–water partition coefficient (Wildman–Crippen LogP) is 4.96. The Balaban J connectivity index is 2.49. The Labute approximate surface area is 127 Å². The van der Waals surface area contributed by atoms with Gasteiger partial charge in [-0.25, -0.2) is 0 Å². The monoisotopic (exact) mass is 287 g/mol. The average Bonchev–Trinajstić information content (AvgIpc) is 2.42. The molecule has 106 valence electrons. The summed E-state index contributed by atoms with van der Waals surface area (Å²) in [6.45, 7) is 9.38. The topological polar surface area (TPSA) is 12.0 Å². The largest absolute Gasteiger partial charge is 0.307 e. The summed E-state index contributed by atoms with van der Waals surface area (Å²) in [6, 6.07) is 13.1. The van der Waals surface area contributed by atoms with Gasteiger partial charge in [0.2, 0.25) is 0 Å². The van der Waals surface area contributed by atoms with Crippen molar-refractivity contribution in [2.24, 2.45) is 0 Å². The van der Waals surface area contributed by atoms with Gasteiger partial charge in [0.1, 0.15) is 0 Å². The number of aryl methyl sites for hydroxylation is 3. The first-order chi connectivity index (χ1) is 9.52. The van der Waals surface area contributed by atoms with E-state index in [9.17, 15) is 0 Å². The molecule has 0 saturated heterocycles. The Morgan fingerprint density at radius 2 is 1.70 bits per heavy atom. The second-order valence-electron chi connectivity index (χ2n) is 5.36. The third kappa shape index (κ3) is 3.23. The van der Waals surface area contributed by atoms with E-state index in [1.807, 2.05) is 6.92 Å². The summed E-state index contributed by atoms with van der Waals surface area (Å²) >= 11 is 6.29. The van der Waals surface area contributed by atoms with Gasteiger partial charge in [0.05, 0.1) is 6.04 Å². The summed E-state index contributed by atoms with van der Waals surface area (Å²) in [5.74, 6) is 0. The van der Waals surface area contributed by atoms with Crippen LogP contribution in [0.2, 0.25) is 5.02 Å². The van der Waals surface area contributed by atoms with Crippen LogP contribution in [-0.2, 0) is 0 Å². The number of hydrogen-bond donors (Lipinski definition) is 1. The molecule has 0 amide bonds. The van der Waals surface area contributed by atoms with Crippen molar-refractivity contribution in [2.45, 2.75) is 33.7 Å². The van der Waals surface area contributed by atoms with Crippen LogP contribution in [0.15, 0.2) is 36.4 Å². The molecule has 0 saturated carbocycles. The highest BCUT2D eigenvalue weighted by Gasteiger charge is 2.16. The van der Waals surface area contributed by atoms with Gasteiger partial charge in [-0.2, -0.15) is 0 Å². The zero-order chi connectivity index (χ0) is 14.7. The van der Waals surface area contributed by atoms with Crippen molar-refractivity contribution < 1.29 is 0 Å². The molecule has 1 unspecified atom stereocenters. The minimum absolute atomic E-state index is 0.193. The highest BCUT2D eigenvalue weighted by Crippen LogP contribution is 2.28. The minimum atomic E-state index is 0.193. The van der Waals surface area contributed by atoms with Gasteiger partial charge < -0.3 is 5.32 Å². The molecular formula is C18H22ClN. The highest BCUT2D eigenvalue weighted by atomic mass is 35.5. The van der Waals surface area contributed by atoms with Gasteiger partial charge in [-0.05, 0) is 55.6 Å². The third-order valence-electron chi connectivity index (χ3n) is 3.68. The fourth-order valence-electron chi connectivity index (χ4n) is 2.47. The first kappa shape index (κ1) is 15.1. The highest BCUT2D eigenvalue weighted by molar-refractivity contribution is 6.31. The molecule has 0 aliphatic heterocycles.